The topological polar surface area (TPSA) is 20.3 Å². The van der Waals surface area contributed by atoms with Crippen molar-refractivity contribution in [2.75, 3.05) is 19.6 Å². The van der Waals surface area contributed by atoms with Crippen molar-refractivity contribution in [1.29, 1.82) is 0 Å². The minimum absolute atomic E-state index is 0.0869. The molecule has 1 aliphatic carbocycles. The van der Waals surface area contributed by atoms with Gasteiger partial charge >= 0.3 is 6.18 Å². The quantitative estimate of drug-likeness (QED) is 0.390. The SMILES string of the molecule is O=C(CN1CC=C(c2cccc(C(F)(F)F)c2)CC1)C1(Cl)C=CC(c2ccccc2)C=C1. The molecule has 2 aromatic rings. The van der Waals surface area contributed by atoms with Crippen molar-refractivity contribution in [3.05, 3.63) is 102 Å². The first-order chi connectivity index (χ1) is 15.2. The molecule has 2 aromatic carbocycles. The van der Waals surface area contributed by atoms with Gasteiger partial charge in [-0.1, -0.05) is 72.8 Å². The number of allylic oxidation sites excluding steroid dienone is 4. The second kappa shape index (κ2) is 9.08. The van der Waals surface area contributed by atoms with Crippen molar-refractivity contribution in [3.63, 3.8) is 0 Å². The van der Waals surface area contributed by atoms with Crippen LogP contribution in [0.5, 0.6) is 0 Å². The van der Waals surface area contributed by atoms with Crippen LogP contribution >= 0.6 is 11.6 Å². The molecule has 0 saturated heterocycles. The molecule has 0 amide bonds. The van der Waals surface area contributed by atoms with Gasteiger partial charge in [0.05, 0.1) is 12.1 Å². The third kappa shape index (κ3) is 5.05. The number of Topliss-reactive ketones (excluding diaryl/α,β-unsaturated/α-hetero) is 1. The molecule has 0 aromatic heterocycles. The van der Waals surface area contributed by atoms with Crippen LogP contribution in [0, 0.1) is 0 Å². The smallest absolute Gasteiger partial charge is 0.296 e. The monoisotopic (exact) mass is 457 g/mol. The molecule has 1 heterocycles. The van der Waals surface area contributed by atoms with Gasteiger partial charge in [0.15, 0.2) is 5.78 Å². The Bertz CT molecular complexity index is 1060. The number of halogens is 4. The summed E-state index contributed by atoms with van der Waals surface area (Å²) in [4.78, 5) is 13.7. The van der Waals surface area contributed by atoms with Gasteiger partial charge in [-0.2, -0.15) is 13.2 Å². The zero-order valence-corrected chi connectivity index (χ0v) is 18.1. The number of carbonyl (C=O) groups is 1. The van der Waals surface area contributed by atoms with Crippen molar-refractivity contribution >= 4 is 23.0 Å². The van der Waals surface area contributed by atoms with Crippen LogP contribution in [0.2, 0.25) is 0 Å². The van der Waals surface area contributed by atoms with Gasteiger partial charge in [0.25, 0.3) is 0 Å². The first-order valence-electron chi connectivity index (χ1n) is 10.5. The Hall–Kier alpha value is -2.63. The summed E-state index contributed by atoms with van der Waals surface area (Å²) in [6.45, 7) is 1.26. The van der Waals surface area contributed by atoms with Crippen LogP contribution in [0.25, 0.3) is 5.57 Å². The maximum absolute atomic E-state index is 13.0. The number of hydrogen-bond acceptors (Lipinski definition) is 2. The minimum Gasteiger partial charge on any atom is -0.296 e. The van der Waals surface area contributed by atoms with E-state index >= 15 is 0 Å². The summed E-state index contributed by atoms with van der Waals surface area (Å²) in [5.74, 6) is -0.0297. The van der Waals surface area contributed by atoms with Crippen molar-refractivity contribution in [1.82, 2.24) is 4.90 Å². The second-order valence-electron chi connectivity index (χ2n) is 8.14. The fourth-order valence-corrected chi connectivity index (χ4v) is 4.23. The first-order valence-corrected chi connectivity index (χ1v) is 10.9. The van der Waals surface area contributed by atoms with Crippen LogP contribution in [-0.4, -0.2) is 35.2 Å². The highest BCUT2D eigenvalue weighted by atomic mass is 35.5. The molecule has 0 fully saturated rings. The van der Waals surface area contributed by atoms with Gasteiger partial charge in [0, 0.05) is 19.0 Å². The van der Waals surface area contributed by atoms with Crippen LogP contribution in [0.4, 0.5) is 13.2 Å². The second-order valence-corrected chi connectivity index (χ2v) is 8.76. The number of benzene rings is 2. The van der Waals surface area contributed by atoms with Gasteiger partial charge in [-0.15, -0.1) is 11.6 Å². The number of carbonyl (C=O) groups excluding carboxylic acids is 1. The summed E-state index contributed by atoms with van der Waals surface area (Å²) in [7, 11) is 0. The van der Waals surface area contributed by atoms with Crippen LogP contribution < -0.4 is 0 Å². The molecule has 0 bridgehead atoms. The van der Waals surface area contributed by atoms with Gasteiger partial charge in [-0.05, 0) is 35.3 Å². The molecule has 2 nitrogen and oxygen atoms in total. The first kappa shape index (κ1) is 22.6. The van der Waals surface area contributed by atoms with Gasteiger partial charge < -0.3 is 0 Å². The van der Waals surface area contributed by atoms with E-state index in [9.17, 15) is 18.0 Å². The van der Waals surface area contributed by atoms with E-state index in [0.717, 1.165) is 17.2 Å². The van der Waals surface area contributed by atoms with E-state index in [4.69, 9.17) is 11.6 Å². The van der Waals surface area contributed by atoms with Gasteiger partial charge in [0.1, 0.15) is 4.87 Å². The number of hydrogen-bond donors (Lipinski definition) is 0. The average Bonchev–Trinajstić information content (AvgIpc) is 2.80. The predicted molar refractivity (Wildman–Crippen MR) is 122 cm³/mol. The summed E-state index contributed by atoms with van der Waals surface area (Å²) < 4.78 is 39.0. The van der Waals surface area contributed by atoms with Crippen LogP contribution in [0.3, 0.4) is 0 Å². The van der Waals surface area contributed by atoms with E-state index in [1.54, 1.807) is 18.2 Å². The highest BCUT2D eigenvalue weighted by Gasteiger charge is 2.34. The maximum Gasteiger partial charge on any atom is 0.416 e. The molecule has 0 radical (unpaired) electrons. The van der Waals surface area contributed by atoms with Crippen molar-refractivity contribution < 1.29 is 18.0 Å². The largest absolute Gasteiger partial charge is 0.416 e. The summed E-state index contributed by atoms with van der Waals surface area (Å²) in [6.07, 6.45) is 5.50. The lowest BCUT2D eigenvalue weighted by molar-refractivity contribution is -0.137. The van der Waals surface area contributed by atoms with E-state index in [1.807, 2.05) is 53.5 Å². The minimum atomic E-state index is -4.36. The van der Waals surface area contributed by atoms with Crippen LogP contribution in [0.15, 0.2) is 85.0 Å². The Labute approximate surface area is 190 Å². The van der Waals surface area contributed by atoms with E-state index in [1.165, 1.54) is 12.1 Å². The van der Waals surface area contributed by atoms with Gasteiger partial charge in [-0.3, -0.25) is 9.69 Å². The molecule has 0 spiro atoms. The van der Waals surface area contributed by atoms with Crippen LogP contribution in [-0.2, 0) is 11.0 Å². The lowest BCUT2D eigenvalue weighted by Gasteiger charge is -2.30. The highest BCUT2D eigenvalue weighted by molar-refractivity contribution is 6.38. The molecule has 166 valence electrons. The Morgan fingerprint density at radius 1 is 1.06 bits per heavy atom. The Kier molecular flexibility index (Phi) is 6.40. The molecular weight excluding hydrogens is 435 g/mol. The number of nitrogens with zero attached hydrogens (tertiary/aromatic N) is 1. The van der Waals surface area contributed by atoms with Gasteiger partial charge in [-0.25, -0.2) is 0 Å². The average molecular weight is 458 g/mol. The fourth-order valence-electron chi connectivity index (χ4n) is 4.03. The maximum atomic E-state index is 13.0. The normalized spacial score (nSPS) is 23.8. The van der Waals surface area contributed by atoms with Crippen LogP contribution in [0.1, 0.15) is 29.0 Å². The third-order valence-corrected chi connectivity index (χ3v) is 6.39. The Balaban J connectivity index is 1.38. The lowest BCUT2D eigenvalue weighted by atomic mass is 9.88. The zero-order chi connectivity index (χ0) is 22.8. The third-order valence-electron chi connectivity index (χ3n) is 5.93. The van der Waals surface area contributed by atoms with E-state index in [-0.39, 0.29) is 18.2 Å². The molecule has 1 aliphatic heterocycles. The molecule has 6 heteroatoms. The molecule has 2 aliphatic rings. The predicted octanol–water partition coefficient (Wildman–Crippen LogP) is 6.25. The molecule has 0 N–H and O–H groups in total. The standard InChI is InChI=1S/C26H23ClF3NO/c27-25(13-9-20(10-14-25)19-5-2-1-3-6-19)24(32)18-31-15-11-21(12-16-31)22-7-4-8-23(17-22)26(28,29)30/h1-11,13-14,17,20H,12,15-16,18H2. The summed E-state index contributed by atoms with van der Waals surface area (Å²) in [5, 5.41) is 0. The van der Waals surface area contributed by atoms with E-state index < -0.39 is 16.6 Å². The summed E-state index contributed by atoms with van der Waals surface area (Å²) in [5.41, 5.74) is 1.92. The lowest BCUT2D eigenvalue weighted by Crippen LogP contribution is -2.41. The Morgan fingerprint density at radius 2 is 1.78 bits per heavy atom. The molecular formula is C26H23ClF3NO. The molecule has 0 unspecified atom stereocenters. The summed E-state index contributed by atoms with van der Waals surface area (Å²) >= 11 is 6.61. The number of alkyl halides is 4. The van der Waals surface area contributed by atoms with E-state index in [0.29, 0.717) is 25.1 Å². The molecule has 32 heavy (non-hydrogen) atoms. The van der Waals surface area contributed by atoms with Crippen molar-refractivity contribution in [2.45, 2.75) is 23.4 Å². The highest BCUT2D eigenvalue weighted by Crippen LogP contribution is 2.33. The zero-order valence-electron chi connectivity index (χ0n) is 17.4. The van der Waals surface area contributed by atoms with Gasteiger partial charge in [0.2, 0.25) is 0 Å². The number of rotatable bonds is 5. The summed E-state index contributed by atoms with van der Waals surface area (Å²) in [6, 6.07) is 15.3. The fraction of sp³-hybridized carbons (Fsp3) is 0.269. The molecule has 4 rings (SSSR count). The molecule has 0 saturated carbocycles. The van der Waals surface area contributed by atoms with Crippen molar-refractivity contribution in [2.24, 2.45) is 0 Å². The van der Waals surface area contributed by atoms with E-state index in [2.05, 4.69) is 0 Å². The Morgan fingerprint density at radius 3 is 2.41 bits per heavy atom. The molecule has 0 atom stereocenters. The number of ketones is 1. The van der Waals surface area contributed by atoms with Crippen molar-refractivity contribution in [3.8, 4) is 0 Å².